The van der Waals surface area contributed by atoms with Crippen LogP contribution in [0.3, 0.4) is 0 Å². The standard InChI is InChI=1S/C18H26N2O4/c1-18(2,3)24-17(21)20-9-8-19-10-13-6-5-7-15(22-4)16(13)23-12-14(19)11-20/h5-7,14H,8-12H2,1-4H3. The molecule has 1 amide bonds. The van der Waals surface area contributed by atoms with Gasteiger partial charge in [0.25, 0.3) is 0 Å². The summed E-state index contributed by atoms with van der Waals surface area (Å²) in [5.74, 6) is 1.58. The quantitative estimate of drug-likeness (QED) is 0.790. The number of fused-ring (bicyclic) bond motifs is 2. The average molecular weight is 334 g/mol. The summed E-state index contributed by atoms with van der Waals surface area (Å²) in [6, 6.07) is 6.12. The lowest BCUT2D eigenvalue weighted by atomic mass is 10.1. The van der Waals surface area contributed by atoms with E-state index in [1.807, 2.05) is 32.9 Å². The molecule has 0 radical (unpaired) electrons. The fourth-order valence-corrected chi connectivity index (χ4v) is 3.16. The van der Waals surface area contributed by atoms with E-state index in [4.69, 9.17) is 14.2 Å². The van der Waals surface area contributed by atoms with E-state index in [2.05, 4.69) is 11.0 Å². The highest BCUT2D eigenvalue weighted by Crippen LogP contribution is 2.35. The minimum absolute atomic E-state index is 0.156. The van der Waals surface area contributed by atoms with Crippen molar-refractivity contribution in [2.75, 3.05) is 33.4 Å². The molecule has 1 atom stereocenters. The third-order valence-electron chi connectivity index (χ3n) is 4.33. The van der Waals surface area contributed by atoms with Crippen molar-refractivity contribution in [2.24, 2.45) is 0 Å². The molecule has 1 saturated heterocycles. The van der Waals surface area contributed by atoms with Gasteiger partial charge in [-0.1, -0.05) is 12.1 Å². The molecule has 0 aromatic heterocycles. The number of rotatable bonds is 1. The van der Waals surface area contributed by atoms with Gasteiger partial charge in [-0.2, -0.15) is 0 Å². The number of carbonyl (C=O) groups excluding carboxylic acids is 1. The first kappa shape index (κ1) is 16.9. The summed E-state index contributed by atoms with van der Waals surface area (Å²) in [7, 11) is 1.65. The van der Waals surface area contributed by atoms with Crippen LogP contribution < -0.4 is 9.47 Å². The van der Waals surface area contributed by atoms with Crippen molar-refractivity contribution in [1.29, 1.82) is 0 Å². The van der Waals surface area contributed by atoms with Gasteiger partial charge in [0, 0.05) is 31.7 Å². The first-order valence-electron chi connectivity index (χ1n) is 8.38. The van der Waals surface area contributed by atoms with Gasteiger partial charge < -0.3 is 19.1 Å². The Hall–Kier alpha value is -1.95. The number of ether oxygens (including phenoxy) is 3. The number of benzene rings is 1. The molecule has 6 nitrogen and oxygen atoms in total. The zero-order valence-corrected chi connectivity index (χ0v) is 14.9. The Morgan fingerprint density at radius 3 is 2.79 bits per heavy atom. The monoisotopic (exact) mass is 334 g/mol. The summed E-state index contributed by atoms with van der Waals surface area (Å²) in [5.41, 5.74) is 0.653. The average Bonchev–Trinajstić information content (AvgIpc) is 2.71. The highest BCUT2D eigenvalue weighted by Gasteiger charge is 2.34. The van der Waals surface area contributed by atoms with Crippen LogP contribution in [0.15, 0.2) is 18.2 Å². The van der Waals surface area contributed by atoms with Crippen LogP contribution in [0.2, 0.25) is 0 Å². The Morgan fingerprint density at radius 1 is 1.29 bits per heavy atom. The molecule has 0 saturated carbocycles. The maximum absolute atomic E-state index is 12.3. The number of amides is 1. The van der Waals surface area contributed by atoms with Crippen LogP contribution in [0, 0.1) is 0 Å². The second-order valence-corrected chi connectivity index (χ2v) is 7.31. The molecular weight excluding hydrogens is 308 g/mol. The van der Waals surface area contributed by atoms with Crippen LogP contribution in [-0.4, -0.2) is 60.9 Å². The molecule has 1 fully saturated rings. The van der Waals surface area contributed by atoms with E-state index < -0.39 is 5.60 Å². The van der Waals surface area contributed by atoms with Crippen LogP contribution in [-0.2, 0) is 11.3 Å². The number of nitrogens with zero attached hydrogens (tertiary/aromatic N) is 2. The summed E-state index contributed by atoms with van der Waals surface area (Å²) in [4.78, 5) is 16.5. The highest BCUT2D eigenvalue weighted by atomic mass is 16.6. The van der Waals surface area contributed by atoms with Crippen molar-refractivity contribution in [3.8, 4) is 11.5 Å². The van der Waals surface area contributed by atoms with E-state index in [0.717, 1.165) is 30.2 Å². The molecule has 1 unspecified atom stereocenters. The van der Waals surface area contributed by atoms with Gasteiger partial charge in [0.05, 0.1) is 13.2 Å². The molecule has 0 N–H and O–H groups in total. The topological polar surface area (TPSA) is 51.2 Å². The Morgan fingerprint density at radius 2 is 2.08 bits per heavy atom. The second kappa shape index (κ2) is 6.51. The van der Waals surface area contributed by atoms with Crippen LogP contribution >= 0.6 is 0 Å². The predicted octanol–water partition coefficient (Wildman–Crippen LogP) is 2.51. The molecule has 2 aliphatic heterocycles. The van der Waals surface area contributed by atoms with Gasteiger partial charge in [0.15, 0.2) is 11.5 Å². The van der Waals surface area contributed by atoms with Gasteiger partial charge in [-0.05, 0) is 26.8 Å². The zero-order valence-electron chi connectivity index (χ0n) is 14.9. The van der Waals surface area contributed by atoms with E-state index in [0.29, 0.717) is 19.7 Å². The lowest BCUT2D eigenvalue weighted by Gasteiger charge is -2.40. The van der Waals surface area contributed by atoms with Crippen molar-refractivity contribution >= 4 is 6.09 Å². The molecule has 0 aliphatic carbocycles. The van der Waals surface area contributed by atoms with Crippen molar-refractivity contribution in [3.05, 3.63) is 23.8 Å². The largest absolute Gasteiger partial charge is 0.493 e. The Kier molecular flexibility index (Phi) is 4.58. The summed E-state index contributed by atoms with van der Waals surface area (Å²) >= 11 is 0. The SMILES string of the molecule is COc1cccc2c1OCC1CN(C(=O)OC(C)(C)C)CCN1C2. The molecule has 132 valence electrons. The maximum Gasteiger partial charge on any atom is 0.410 e. The lowest BCUT2D eigenvalue weighted by Crippen LogP contribution is -2.56. The molecule has 3 rings (SSSR count). The molecule has 0 bridgehead atoms. The third-order valence-corrected chi connectivity index (χ3v) is 4.33. The first-order chi connectivity index (χ1) is 11.4. The molecule has 1 aromatic carbocycles. The smallest absolute Gasteiger partial charge is 0.410 e. The normalized spacial score (nSPS) is 21.2. The molecule has 24 heavy (non-hydrogen) atoms. The van der Waals surface area contributed by atoms with E-state index in [1.165, 1.54) is 0 Å². The fraction of sp³-hybridized carbons (Fsp3) is 0.611. The number of piperazine rings is 1. The number of carbonyl (C=O) groups is 1. The number of hydrogen-bond acceptors (Lipinski definition) is 5. The van der Waals surface area contributed by atoms with E-state index in [-0.39, 0.29) is 12.1 Å². The number of methoxy groups -OCH3 is 1. The van der Waals surface area contributed by atoms with Crippen LogP contribution in [0.4, 0.5) is 4.79 Å². The number of para-hydroxylation sites is 1. The highest BCUT2D eigenvalue weighted by molar-refractivity contribution is 5.68. The zero-order chi connectivity index (χ0) is 17.3. The van der Waals surface area contributed by atoms with Gasteiger partial charge >= 0.3 is 6.09 Å². The Bertz CT molecular complexity index is 612. The summed E-state index contributed by atoms with van der Waals surface area (Å²) < 4.78 is 16.9. The minimum Gasteiger partial charge on any atom is -0.493 e. The fourth-order valence-electron chi connectivity index (χ4n) is 3.16. The van der Waals surface area contributed by atoms with Gasteiger partial charge in [-0.15, -0.1) is 0 Å². The van der Waals surface area contributed by atoms with Gasteiger partial charge in [0.1, 0.15) is 12.2 Å². The third kappa shape index (κ3) is 3.59. The van der Waals surface area contributed by atoms with Crippen molar-refractivity contribution in [2.45, 2.75) is 39.0 Å². The summed E-state index contributed by atoms with van der Waals surface area (Å²) in [6.07, 6.45) is -0.249. The minimum atomic E-state index is -0.474. The number of hydrogen-bond donors (Lipinski definition) is 0. The van der Waals surface area contributed by atoms with E-state index >= 15 is 0 Å². The van der Waals surface area contributed by atoms with Gasteiger partial charge in [0.2, 0.25) is 0 Å². The van der Waals surface area contributed by atoms with E-state index in [1.54, 1.807) is 12.0 Å². The van der Waals surface area contributed by atoms with Gasteiger partial charge in [-0.25, -0.2) is 4.79 Å². The van der Waals surface area contributed by atoms with Crippen LogP contribution in [0.5, 0.6) is 11.5 Å². The van der Waals surface area contributed by atoms with E-state index in [9.17, 15) is 4.79 Å². The lowest BCUT2D eigenvalue weighted by molar-refractivity contribution is -0.00160. The Labute approximate surface area is 143 Å². The molecular formula is C18H26N2O4. The van der Waals surface area contributed by atoms with Crippen LogP contribution in [0.1, 0.15) is 26.3 Å². The summed E-state index contributed by atoms with van der Waals surface area (Å²) in [5, 5.41) is 0. The summed E-state index contributed by atoms with van der Waals surface area (Å²) in [6.45, 7) is 9.10. The van der Waals surface area contributed by atoms with Crippen molar-refractivity contribution < 1.29 is 19.0 Å². The van der Waals surface area contributed by atoms with Crippen molar-refractivity contribution in [3.63, 3.8) is 0 Å². The molecule has 6 heteroatoms. The van der Waals surface area contributed by atoms with Crippen LogP contribution in [0.25, 0.3) is 0 Å². The second-order valence-electron chi connectivity index (χ2n) is 7.31. The van der Waals surface area contributed by atoms with Gasteiger partial charge in [-0.3, -0.25) is 4.90 Å². The molecule has 1 aromatic rings. The predicted molar refractivity (Wildman–Crippen MR) is 90.5 cm³/mol. The molecule has 0 spiro atoms. The Balaban J connectivity index is 1.71. The van der Waals surface area contributed by atoms with Crippen molar-refractivity contribution in [1.82, 2.24) is 9.80 Å². The first-order valence-corrected chi connectivity index (χ1v) is 8.38. The molecule has 2 heterocycles. The maximum atomic E-state index is 12.3. The molecule has 2 aliphatic rings.